The number of benzene rings is 1. The lowest BCUT2D eigenvalue weighted by molar-refractivity contribution is 0.411. The molecule has 0 aliphatic heterocycles. The van der Waals surface area contributed by atoms with Crippen molar-refractivity contribution >= 4 is 23.3 Å². The summed E-state index contributed by atoms with van der Waals surface area (Å²) in [5.41, 5.74) is 1.01. The molecule has 0 bridgehead atoms. The molecule has 0 aliphatic carbocycles. The van der Waals surface area contributed by atoms with Crippen molar-refractivity contribution in [3.8, 4) is 11.4 Å². The van der Waals surface area contributed by atoms with Gasteiger partial charge in [0.25, 0.3) is 5.22 Å². The summed E-state index contributed by atoms with van der Waals surface area (Å²) in [6.45, 7) is 2.08. The zero-order valence-corrected chi connectivity index (χ0v) is 12.4. The van der Waals surface area contributed by atoms with Crippen molar-refractivity contribution in [3.63, 3.8) is 0 Å². The van der Waals surface area contributed by atoms with Gasteiger partial charge in [-0.1, -0.05) is 37.3 Å². The Morgan fingerprint density at radius 3 is 2.85 bits per heavy atom. The number of hydrogen-bond acceptors (Lipinski definition) is 7. The second kappa shape index (κ2) is 6.15. The average Bonchev–Trinajstić information content (AvgIpc) is 3.11. The van der Waals surface area contributed by atoms with Gasteiger partial charge in [-0.05, 0) is 18.0 Å². The van der Waals surface area contributed by atoms with Crippen LogP contribution in [0.2, 0.25) is 0 Å². The Kier molecular flexibility index (Phi) is 4.08. The maximum Gasteiger partial charge on any atom is 0.283 e. The molecule has 0 saturated carbocycles. The molecule has 0 fully saturated rings. The molecule has 0 spiro atoms. The molecule has 2 aromatic heterocycles. The largest absolute Gasteiger partial charge is 0.416 e. The minimum atomic E-state index is 0.518. The van der Waals surface area contributed by atoms with Crippen molar-refractivity contribution in [2.75, 3.05) is 0 Å². The normalized spacial score (nSPS) is 10.8. The predicted octanol–water partition coefficient (Wildman–Crippen LogP) is 3.69. The molecule has 7 heteroatoms. The van der Waals surface area contributed by atoms with E-state index in [2.05, 4.69) is 26.5 Å². The fourth-order valence-electron chi connectivity index (χ4n) is 1.62. The zero-order valence-electron chi connectivity index (χ0n) is 10.8. The van der Waals surface area contributed by atoms with Crippen LogP contribution >= 0.6 is 23.3 Å². The summed E-state index contributed by atoms with van der Waals surface area (Å²) >= 11 is 2.69. The van der Waals surface area contributed by atoms with Gasteiger partial charge in [0.05, 0.1) is 0 Å². The van der Waals surface area contributed by atoms with Crippen LogP contribution in [0.25, 0.3) is 11.4 Å². The minimum absolute atomic E-state index is 0.518. The standard InChI is InChI=1S/C13H12N4OS2/c1-2-6-10-15-16-12(18-10)19-13-14-11(17-20-13)9-7-4-3-5-8-9/h3-5,7-8H,2,6H2,1H3. The highest BCUT2D eigenvalue weighted by Crippen LogP contribution is 2.30. The van der Waals surface area contributed by atoms with Gasteiger partial charge in [-0.25, -0.2) is 4.98 Å². The highest BCUT2D eigenvalue weighted by molar-refractivity contribution is 8.00. The maximum atomic E-state index is 5.52. The van der Waals surface area contributed by atoms with E-state index in [1.54, 1.807) is 0 Å². The van der Waals surface area contributed by atoms with Crippen molar-refractivity contribution in [1.29, 1.82) is 0 Å². The van der Waals surface area contributed by atoms with Gasteiger partial charge in [0.15, 0.2) is 10.2 Å². The van der Waals surface area contributed by atoms with Crippen LogP contribution < -0.4 is 0 Å². The third kappa shape index (κ3) is 3.05. The maximum absolute atomic E-state index is 5.52. The van der Waals surface area contributed by atoms with Gasteiger partial charge in [0.1, 0.15) is 0 Å². The molecule has 102 valence electrons. The van der Waals surface area contributed by atoms with Crippen molar-refractivity contribution in [2.24, 2.45) is 0 Å². The van der Waals surface area contributed by atoms with E-state index in [4.69, 9.17) is 4.42 Å². The molecule has 0 amide bonds. The smallest absolute Gasteiger partial charge is 0.283 e. The summed E-state index contributed by atoms with van der Waals surface area (Å²) in [5.74, 6) is 1.40. The number of rotatable bonds is 5. The van der Waals surface area contributed by atoms with Crippen molar-refractivity contribution < 1.29 is 4.42 Å². The Hall–Kier alpha value is -1.73. The number of hydrogen-bond donors (Lipinski definition) is 0. The second-order valence-corrected chi connectivity index (χ2v) is 6.01. The van der Waals surface area contributed by atoms with Crippen LogP contribution in [0.5, 0.6) is 0 Å². The van der Waals surface area contributed by atoms with Gasteiger partial charge in [-0.3, -0.25) is 0 Å². The van der Waals surface area contributed by atoms with E-state index in [0.29, 0.717) is 11.1 Å². The Bertz CT molecular complexity index is 681. The molecule has 0 radical (unpaired) electrons. The highest BCUT2D eigenvalue weighted by Gasteiger charge is 2.12. The predicted molar refractivity (Wildman–Crippen MR) is 77.8 cm³/mol. The first-order valence-electron chi connectivity index (χ1n) is 6.24. The SMILES string of the molecule is CCCc1nnc(Sc2nc(-c3ccccc3)ns2)o1. The van der Waals surface area contributed by atoms with Gasteiger partial charge >= 0.3 is 0 Å². The molecule has 1 aromatic carbocycles. The first-order chi connectivity index (χ1) is 9.85. The van der Waals surface area contributed by atoms with Crippen LogP contribution in [0.15, 0.2) is 44.3 Å². The third-order valence-electron chi connectivity index (χ3n) is 2.53. The molecule has 0 N–H and O–H groups in total. The summed E-state index contributed by atoms with van der Waals surface area (Å²) < 4.78 is 10.7. The van der Waals surface area contributed by atoms with Crippen molar-refractivity contribution in [1.82, 2.24) is 19.6 Å². The van der Waals surface area contributed by atoms with Gasteiger partial charge in [0.2, 0.25) is 5.89 Å². The molecule has 2 heterocycles. The fourth-order valence-corrected chi connectivity index (χ4v) is 3.04. The molecule has 5 nitrogen and oxygen atoms in total. The summed E-state index contributed by atoms with van der Waals surface area (Å²) in [7, 11) is 0. The van der Waals surface area contributed by atoms with Crippen LogP contribution in [0.4, 0.5) is 0 Å². The molecular formula is C13H12N4OS2. The van der Waals surface area contributed by atoms with E-state index in [9.17, 15) is 0 Å². The topological polar surface area (TPSA) is 64.7 Å². The molecule has 0 unspecified atom stereocenters. The van der Waals surface area contributed by atoms with E-state index in [1.807, 2.05) is 30.3 Å². The van der Waals surface area contributed by atoms with Crippen LogP contribution in [0.1, 0.15) is 19.2 Å². The summed E-state index contributed by atoms with van der Waals surface area (Å²) in [6.07, 6.45) is 1.79. The number of aromatic nitrogens is 4. The van der Waals surface area contributed by atoms with Gasteiger partial charge in [-0.15, -0.1) is 10.2 Å². The van der Waals surface area contributed by atoms with Gasteiger partial charge < -0.3 is 4.42 Å². The number of nitrogens with zero attached hydrogens (tertiary/aromatic N) is 4. The zero-order chi connectivity index (χ0) is 13.8. The van der Waals surface area contributed by atoms with Crippen LogP contribution in [0.3, 0.4) is 0 Å². The summed E-state index contributed by atoms with van der Waals surface area (Å²) in [5, 5.41) is 8.50. The monoisotopic (exact) mass is 304 g/mol. The Morgan fingerprint density at radius 1 is 1.20 bits per heavy atom. The molecule has 0 aliphatic rings. The van der Waals surface area contributed by atoms with Crippen LogP contribution in [-0.2, 0) is 6.42 Å². The molecular weight excluding hydrogens is 292 g/mol. The van der Waals surface area contributed by atoms with Gasteiger partial charge in [0, 0.05) is 23.7 Å². The lowest BCUT2D eigenvalue weighted by Crippen LogP contribution is -1.80. The van der Waals surface area contributed by atoms with Gasteiger partial charge in [-0.2, -0.15) is 4.37 Å². The Balaban J connectivity index is 1.73. The fraction of sp³-hybridized carbons (Fsp3) is 0.231. The van der Waals surface area contributed by atoms with Crippen molar-refractivity contribution in [3.05, 3.63) is 36.2 Å². The van der Waals surface area contributed by atoms with E-state index in [-0.39, 0.29) is 0 Å². The first kappa shape index (κ1) is 13.3. The van der Waals surface area contributed by atoms with Crippen molar-refractivity contribution in [2.45, 2.75) is 29.3 Å². The molecule has 3 rings (SSSR count). The molecule has 0 atom stereocenters. The number of aryl methyl sites for hydroxylation is 1. The van der Waals surface area contributed by atoms with Crippen LogP contribution in [-0.4, -0.2) is 19.6 Å². The first-order valence-corrected chi connectivity index (χ1v) is 7.83. The van der Waals surface area contributed by atoms with E-state index in [0.717, 1.165) is 28.6 Å². The Morgan fingerprint density at radius 2 is 2.05 bits per heavy atom. The average molecular weight is 304 g/mol. The Labute approximate surface area is 124 Å². The van der Waals surface area contributed by atoms with Crippen LogP contribution in [0, 0.1) is 0 Å². The lowest BCUT2D eigenvalue weighted by Gasteiger charge is -1.92. The molecule has 3 aromatic rings. The second-order valence-electron chi connectivity index (χ2n) is 4.06. The summed E-state index contributed by atoms with van der Waals surface area (Å²) in [4.78, 5) is 4.47. The minimum Gasteiger partial charge on any atom is -0.416 e. The van der Waals surface area contributed by atoms with E-state index >= 15 is 0 Å². The molecule has 0 saturated heterocycles. The lowest BCUT2D eigenvalue weighted by atomic mass is 10.2. The molecule has 20 heavy (non-hydrogen) atoms. The summed E-state index contributed by atoms with van der Waals surface area (Å²) in [6, 6.07) is 9.89. The highest BCUT2D eigenvalue weighted by atomic mass is 32.2. The van der Waals surface area contributed by atoms with E-state index in [1.165, 1.54) is 23.3 Å². The van der Waals surface area contributed by atoms with E-state index < -0.39 is 0 Å². The third-order valence-corrected chi connectivity index (χ3v) is 4.12. The quantitative estimate of drug-likeness (QED) is 0.716.